The number of carbonyl (C=O) groups excluding carboxylic acids is 3. The van der Waals surface area contributed by atoms with Crippen molar-refractivity contribution in [2.75, 3.05) is 30.8 Å². The number of aryl methyl sites for hydroxylation is 1. The normalized spacial score (nSPS) is 12.8. The highest BCUT2D eigenvalue weighted by atomic mass is 32.1. The molecule has 1 aromatic heterocycles. The quantitative estimate of drug-likeness (QED) is 0.557. The Hall–Kier alpha value is -3.08. The Kier molecular flexibility index (Phi) is 6.84. The second kappa shape index (κ2) is 9.38. The van der Waals surface area contributed by atoms with E-state index in [0.717, 1.165) is 29.7 Å². The first-order valence-electron chi connectivity index (χ1n) is 9.40. The minimum absolute atomic E-state index is 0.0232. The molecule has 2 aromatic rings. The van der Waals surface area contributed by atoms with Gasteiger partial charge in [-0.1, -0.05) is 12.1 Å². The van der Waals surface area contributed by atoms with Crippen LogP contribution in [0, 0.1) is 0 Å². The van der Waals surface area contributed by atoms with E-state index in [4.69, 9.17) is 4.74 Å². The molecule has 1 aromatic carbocycles. The van der Waals surface area contributed by atoms with Crippen molar-refractivity contribution in [1.29, 1.82) is 0 Å². The maximum atomic E-state index is 12.4. The fourth-order valence-corrected chi connectivity index (χ4v) is 4.56. The van der Waals surface area contributed by atoms with Crippen LogP contribution in [-0.4, -0.2) is 44.2 Å². The number of alkyl halides is 3. The number of thiophene rings is 1. The van der Waals surface area contributed by atoms with Gasteiger partial charge in [-0.05, 0) is 37.0 Å². The first-order valence-corrected chi connectivity index (χ1v) is 10.2. The third kappa shape index (κ3) is 5.54. The van der Waals surface area contributed by atoms with Crippen LogP contribution in [-0.2, 0) is 22.4 Å². The lowest BCUT2D eigenvalue weighted by atomic mass is 10.1. The molecule has 0 unspecified atom stereocenters. The smallest absolute Gasteiger partial charge is 0.405 e. The average Bonchev–Trinajstić information content (AvgIpc) is 3.30. The highest BCUT2D eigenvalue weighted by Gasteiger charge is 2.29. The lowest BCUT2D eigenvalue weighted by molar-refractivity contribution is -0.123. The summed E-state index contributed by atoms with van der Waals surface area (Å²) >= 11 is 1.33. The molecule has 2 amide bonds. The van der Waals surface area contributed by atoms with Crippen LogP contribution in [0.2, 0.25) is 0 Å². The molecule has 3 N–H and O–H groups in total. The highest BCUT2D eigenvalue weighted by molar-refractivity contribution is 7.17. The molecule has 0 saturated carbocycles. The topological polar surface area (TPSA) is 96.5 Å². The van der Waals surface area contributed by atoms with E-state index in [0.29, 0.717) is 10.6 Å². The van der Waals surface area contributed by atoms with Crippen LogP contribution >= 0.6 is 11.3 Å². The van der Waals surface area contributed by atoms with Gasteiger partial charge >= 0.3 is 12.1 Å². The Morgan fingerprint density at radius 1 is 1.16 bits per heavy atom. The minimum Gasteiger partial charge on any atom is -0.465 e. The second-order valence-electron chi connectivity index (χ2n) is 6.80. The Balaban J connectivity index is 1.66. The summed E-state index contributed by atoms with van der Waals surface area (Å²) in [7, 11) is 1.27. The predicted octanol–water partition coefficient (Wildman–Crippen LogP) is 3.37. The van der Waals surface area contributed by atoms with Crippen LogP contribution in [0.4, 0.5) is 23.9 Å². The van der Waals surface area contributed by atoms with Crippen molar-refractivity contribution < 1.29 is 32.3 Å². The Labute approximate surface area is 180 Å². The van der Waals surface area contributed by atoms with Crippen molar-refractivity contribution in [3.63, 3.8) is 0 Å². The SMILES string of the molecule is COC(=O)c1c(NC(=O)CNc2ccccc2C(=O)NCC(F)(F)F)sc2c1CCC2. The average molecular weight is 455 g/mol. The molecule has 1 aliphatic carbocycles. The van der Waals surface area contributed by atoms with Crippen LogP contribution in [0.3, 0.4) is 0 Å². The van der Waals surface area contributed by atoms with Gasteiger partial charge in [-0.3, -0.25) is 9.59 Å². The van der Waals surface area contributed by atoms with E-state index in [9.17, 15) is 27.6 Å². The Morgan fingerprint density at radius 3 is 2.61 bits per heavy atom. The number of ether oxygens (including phenoxy) is 1. The monoisotopic (exact) mass is 455 g/mol. The first-order chi connectivity index (χ1) is 14.7. The molecule has 0 atom stereocenters. The van der Waals surface area contributed by atoms with Crippen LogP contribution in [0.1, 0.15) is 37.6 Å². The summed E-state index contributed by atoms with van der Waals surface area (Å²) < 4.78 is 41.9. The van der Waals surface area contributed by atoms with Gasteiger partial charge < -0.3 is 20.7 Å². The largest absolute Gasteiger partial charge is 0.465 e. The molecule has 1 aliphatic rings. The molecule has 0 spiro atoms. The van der Waals surface area contributed by atoms with E-state index in [2.05, 4.69) is 10.6 Å². The second-order valence-corrected chi connectivity index (χ2v) is 7.90. The van der Waals surface area contributed by atoms with E-state index < -0.39 is 30.5 Å². The molecule has 3 rings (SSSR count). The number of fused-ring (bicyclic) bond motifs is 1. The zero-order valence-electron chi connectivity index (χ0n) is 16.5. The molecule has 0 fully saturated rings. The number of hydrogen-bond donors (Lipinski definition) is 3. The fraction of sp³-hybridized carbons (Fsp3) is 0.350. The van der Waals surface area contributed by atoms with Gasteiger partial charge in [0.1, 0.15) is 11.5 Å². The molecule has 0 bridgehead atoms. The molecule has 0 aliphatic heterocycles. The maximum Gasteiger partial charge on any atom is 0.405 e. The molecule has 11 heteroatoms. The van der Waals surface area contributed by atoms with Gasteiger partial charge in [0.15, 0.2) is 0 Å². The third-order valence-electron chi connectivity index (χ3n) is 4.62. The lowest BCUT2D eigenvalue weighted by Crippen LogP contribution is -2.34. The number of benzene rings is 1. The summed E-state index contributed by atoms with van der Waals surface area (Å²) in [6.07, 6.45) is -2.02. The maximum absolute atomic E-state index is 12.4. The van der Waals surface area contributed by atoms with Crippen molar-refractivity contribution in [2.24, 2.45) is 0 Å². The summed E-state index contributed by atoms with van der Waals surface area (Å²) in [5.41, 5.74) is 1.44. The lowest BCUT2D eigenvalue weighted by Gasteiger charge is -2.13. The molecule has 7 nitrogen and oxygen atoms in total. The van der Waals surface area contributed by atoms with Crippen LogP contribution < -0.4 is 16.0 Å². The predicted molar refractivity (Wildman–Crippen MR) is 110 cm³/mol. The van der Waals surface area contributed by atoms with Gasteiger partial charge in [0.2, 0.25) is 5.91 Å². The number of esters is 1. The molecular formula is C20H20F3N3O4S. The number of methoxy groups -OCH3 is 1. The number of halogens is 3. The van der Waals surface area contributed by atoms with Gasteiger partial charge in [-0.2, -0.15) is 13.2 Å². The third-order valence-corrected chi connectivity index (χ3v) is 5.83. The highest BCUT2D eigenvalue weighted by Crippen LogP contribution is 2.39. The molecule has 31 heavy (non-hydrogen) atoms. The number of rotatable bonds is 7. The molecule has 0 radical (unpaired) electrons. The van der Waals surface area contributed by atoms with Gasteiger partial charge in [0.25, 0.3) is 5.91 Å². The number of para-hydroxylation sites is 1. The van der Waals surface area contributed by atoms with E-state index in [1.165, 1.54) is 36.6 Å². The van der Waals surface area contributed by atoms with Gasteiger partial charge in [0, 0.05) is 10.6 Å². The number of carbonyl (C=O) groups is 3. The van der Waals surface area contributed by atoms with Crippen LogP contribution in [0.15, 0.2) is 24.3 Å². The van der Waals surface area contributed by atoms with E-state index in [1.54, 1.807) is 11.4 Å². The summed E-state index contributed by atoms with van der Waals surface area (Å²) in [6, 6.07) is 5.92. The van der Waals surface area contributed by atoms with Gasteiger partial charge in [-0.15, -0.1) is 11.3 Å². The number of hydrogen-bond acceptors (Lipinski definition) is 6. The van der Waals surface area contributed by atoms with Crippen LogP contribution in [0.5, 0.6) is 0 Å². The Morgan fingerprint density at radius 2 is 1.90 bits per heavy atom. The van der Waals surface area contributed by atoms with Crippen molar-refractivity contribution in [3.8, 4) is 0 Å². The van der Waals surface area contributed by atoms with E-state index in [1.807, 2.05) is 0 Å². The Bertz CT molecular complexity index is 1000. The molecule has 0 saturated heterocycles. The van der Waals surface area contributed by atoms with Crippen LogP contribution in [0.25, 0.3) is 0 Å². The zero-order valence-corrected chi connectivity index (χ0v) is 17.3. The minimum atomic E-state index is -4.53. The molecule has 1 heterocycles. The summed E-state index contributed by atoms with van der Waals surface area (Å²) in [5.74, 6) is -1.91. The van der Waals surface area contributed by atoms with Crippen molar-refractivity contribution >= 4 is 39.8 Å². The number of anilines is 2. The van der Waals surface area contributed by atoms with Crippen molar-refractivity contribution in [2.45, 2.75) is 25.4 Å². The number of nitrogens with one attached hydrogen (secondary N) is 3. The molecular weight excluding hydrogens is 435 g/mol. The van der Waals surface area contributed by atoms with Gasteiger partial charge in [-0.25, -0.2) is 4.79 Å². The standard InChI is InChI=1S/C20H20F3N3O4S/c1-30-19(29)16-12-6-4-8-14(12)31-18(16)26-15(27)9-24-13-7-3-2-5-11(13)17(28)25-10-20(21,22)23/h2-3,5,7,24H,4,6,8-10H2,1H3,(H,25,28)(H,26,27). The first kappa shape index (κ1) is 22.6. The summed E-state index contributed by atoms with van der Waals surface area (Å²) in [4.78, 5) is 37.7. The zero-order chi connectivity index (χ0) is 22.6. The van der Waals surface area contributed by atoms with Crippen molar-refractivity contribution in [3.05, 3.63) is 45.8 Å². The fourth-order valence-electron chi connectivity index (χ4n) is 3.27. The number of amides is 2. The molecule has 166 valence electrons. The van der Waals surface area contributed by atoms with E-state index in [-0.39, 0.29) is 17.8 Å². The van der Waals surface area contributed by atoms with Gasteiger partial charge in [0.05, 0.1) is 24.8 Å². The van der Waals surface area contributed by atoms with E-state index >= 15 is 0 Å². The summed E-state index contributed by atoms with van der Waals surface area (Å²) in [5, 5.41) is 7.65. The van der Waals surface area contributed by atoms with Crippen molar-refractivity contribution in [1.82, 2.24) is 5.32 Å². The summed E-state index contributed by atoms with van der Waals surface area (Å²) in [6.45, 7) is -1.72.